The number of hydrogen-bond acceptors (Lipinski definition) is 5. The molecular weight excluding hydrogens is 292 g/mol. The number of aromatic amines is 1. The molecule has 1 amide bonds. The first kappa shape index (κ1) is 16.1. The number of nitrogens with one attached hydrogen (secondary N) is 2. The summed E-state index contributed by atoms with van der Waals surface area (Å²) < 4.78 is 7.04. The second kappa shape index (κ2) is 7.65. The number of rotatable bonds is 7. The van der Waals surface area contributed by atoms with E-state index in [1.807, 2.05) is 13.8 Å². The van der Waals surface area contributed by atoms with E-state index in [-0.39, 0.29) is 23.0 Å². The van der Waals surface area contributed by atoms with Gasteiger partial charge in [-0.1, -0.05) is 18.7 Å². The Bertz CT molecular complexity index is 522. The van der Waals surface area contributed by atoms with E-state index in [1.165, 1.54) is 11.8 Å². The minimum absolute atomic E-state index is 0.0611. The van der Waals surface area contributed by atoms with E-state index in [0.717, 1.165) is 25.9 Å². The number of hydrogen-bond donors (Lipinski definition) is 2. The second-order valence-corrected chi connectivity index (χ2v) is 6.41. The van der Waals surface area contributed by atoms with Crippen LogP contribution in [0.15, 0.2) is 9.95 Å². The zero-order chi connectivity index (χ0) is 15.2. The molecule has 118 valence electrons. The van der Waals surface area contributed by atoms with E-state index in [9.17, 15) is 9.59 Å². The van der Waals surface area contributed by atoms with Gasteiger partial charge in [0, 0.05) is 19.7 Å². The minimum atomic E-state index is -0.308. The van der Waals surface area contributed by atoms with Gasteiger partial charge in [0.25, 0.3) is 0 Å². The number of H-pyrrole nitrogens is 1. The monoisotopic (exact) mass is 314 g/mol. The van der Waals surface area contributed by atoms with E-state index in [1.54, 1.807) is 4.57 Å². The molecule has 0 unspecified atom stereocenters. The number of amides is 1. The van der Waals surface area contributed by atoms with Gasteiger partial charge >= 0.3 is 5.69 Å². The topological polar surface area (TPSA) is 89.0 Å². The molecule has 1 aromatic heterocycles. The SMILES string of the molecule is CCCn1c(S[C@@H](C)C(=O)NC[C@H]2CCCO2)n[nH]c1=O. The van der Waals surface area contributed by atoms with Crippen molar-refractivity contribution < 1.29 is 9.53 Å². The molecule has 2 N–H and O–H groups in total. The van der Waals surface area contributed by atoms with Crippen molar-refractivity contribution in [2.24, 2.45) is 0 Å². The predicted octanol–water partition coefficient (Wildman–Crippen LogP) is 0.757. The van der Waals surface area contributed by atoms with Crippen LogP contribution in [0.5, 0.6) is 0 Å². The largest absolute Gasteiger partial charge is 0.376 e. The summed E-state index contributed by atoms with van der Waals surface area (Å²) in [6, 6.07) is 0. The van der Waals surface area contributed by atoms with Gasteiger partial charge in [0.2, 0.25) is 5.91 Å². The van der Waals surface area contributed by atoms with Crippen LogP contribution in [0, 0.1) is 0 Å². The van der Waals surface area contributed by atoms with Crippen LogP contribution in [0.4, 0.5) is 0 Å². The number of carbonyl (C=O) groups excluding carboxylic acids is 1. The average molecular weight is 314 g/mol. The molecule has 0 saturated carbocycles. The number of thioether (sulfide) groups is 1. The molecule has 0 radical (unpaired) electrons. The number of nitrogens with zero attached hydrogens (tertiary/aromatic N) is 2. The number of aromatic nitrogens is 3. The maximum absolute atomic E-state index is 12.1. The molecule has 1 aromatic rings. The Labute approximate surface area is 127 Å². The Morgan fingerprint density at radius 2 is 2.48 bits per heavy atom. The van der Waals surface area contributed by atoms with Crippen molar-refractivity contribution in [3.63, 3.8) is 0 Å². The lowest BCUT2D eigenvalue weighted by molar-refractivity contribution is -0.120. The van der Waals surface area contributed by atoms with Crippen LogP contribution in [0.25, 0.3) is 0 Å². The highest BCUT2D eigenvalue weighted by Crippen LogP contribution is 2.20. The molecule has 0 aromatic carbocycles. The molecule has 1 aliphatic rings. The van der Waals surface area contributed by atoms with Crippen LogP contribution in [-0.4, -0.2) is 45.2 Å². The maximum Gasteiger partial charge on any atom is 0.343 e. The van der Waals surface area contributed by atoms with Crippen LogP contribution in [0.1, 0.15) is 33.1 Å². The van der Waals surface area contributed by atoms with Gasteiger partial charge < -0.3 is 10.1 Å². The summed E-state index contributed by atoms with van der Waals surface area (Å²) in [6.07, 6.45) is 3.03. The Kier molecular flexibility index (Phi) is 5.86. The lowest BCUT2D eigenvalue weighted by Gasteiger charge is -2.14. The third-order valence-electron chi connectivity index (χ3n) is 3.35. The molecule has 7 nitrogen and oxygen atoms in total. The highest BCUT2D eigenvalue weighted by Gasteiger charge is 2.21. The first-order valence-electron chi connectivity index (χ1n) is 7.33. The van der Waals surface area contributed by atoms with Crippen LogP contribution < -0.4 is 11.0 Å². The van der Waals surface area contributed by atoms with Gasteiger partial charge in [0.15, 0.2) is 5.16 Å². The summed E-state index contributed by atoms with van der Waals surface area (Å²) in [5.41, 5.74) is -0.230. The molecular formula is C13H22N4O3S. The summed E-state index contributed by atoms with van der Waals surface area (Å²) >= 11 is 1.29. The zero-order valence-corrected chi connectivity index (χ0v) is 13.2. The van der Waals surface area contributed by atoms with Gasteiger partial charge in [-0.25, -0.2) is 9.89 Å². The molecule has 2 heterocycles. The predicted molar refractivity (Wildman–Crippen MR) is 80.4 cm³/mol. The van der Waals surface area contributed by atoms with Gasteiger partial charge in [0.1, 0.15) is 0 Å². The molecule has 1 saturated heterocycles. The van der Waals surface area contributed by atoms with Crippen molar-refractivity contribution in [3.05, 3.63) is 10.5 Å². The normalized spacial score (nSPS) is 19.6. The van der Waals surface area contributed by atoms with E-state index in [0.29, 0.717) is 18.2 Å². The van der Waals surface area contributed by atoms with Gasteiger partial charge in [-0.05, 0) is 26.2 Å². The van der Waals surface area contributed by atoms with E-state index < -0.39 is 0 Å². The van der Waals surface area contributed by atoms with Gasteiger partial charge in [-0.15, -0.1) is 5.10 Å². The molecule has 21 heavy (non-hydrogen) atoms. The van der Waals surface area contributed by atoms with E-state index in [4.69, 9.17) is 4.74 Å². The van der Waals surface area contributed by atoms with Crippen LogP contribution in [-0.2, 0) is 16.1 Å². The Balaban J connectivity index is 1.86. The lowest BCUT2D eigenvalue weighted by Crippen LogP contribution is -2.36. The van der Waals surface area contributed by atoms with Crippen molar-refractivity contribution in [1.29, 1.82) is 0 Å². The Morgan fingerprint density at radius 1 is 1.67 bits per heavy atom. The Hall–Kier alpha value is -1.28. The van der Waals surface area contributed by atoms with Gasteiger partial charge in [-0.3, -0.25) is 9.36 Å². The van der Waals surface area contributed by atoms with E-state index in [2.05, 4.69) is 15.5 Å². The molecule has 2 rings (SSSR count). The molecule has 0 spiro atoms. The quantitative estimate of drug-likeness (QED) is 0.725. The van der Waals surface area contributed by atoms with Crippen molar-refractivity contribution >= 4 is 17.7 Å². The van der Waals surface area contributed by atoms with Crippen molar-refractivity contribution in [2.45, 2.75) is 56.2 Å². The highest BCUT2D eigenvalue weighted by atomic mass is 32.2. The summed E-state index contributed by atoms with van der Waals surface area (Å²) in [6.45, 7) is 5.73. The first-order valence-corrected chi connectivity index (χ1v) is 8.21. The molecule has 1 fully saturated rings. The molecule has 2 atom stereocenters. The van der Waals surface area contributed by atoms with Crippen LogP contribution >= 0.6 is 11.8 Å². The summed E-state index contributed by atoms with van der Waals surface area (Å²) in [4.78, 5) is 23.7. The molecule has 8 heteroatoms. The first-order chi connectivity index (χ1) is 10.1. The van der Waals surface area contributed by atoms with Gasteiger partial charge in [-0.2, -0.15) is 0 Å². The minimum Gasteiger partial charge on any atom is -0.376 e. The van der Waals surface area contributed by atoms with E-state index >= 15 is 0 Å². The average Bonchev–Trinajstić information content (AvgIpc) is 3.09. The third-order valence-corrected chi connectivity index (χ3v) is 4.44. The lowest BCUT2D eigenvalue weighted by atomic mass is 10.2. The fourth-order valence-corrected chi connectivity index (χ4v) is 3.10. The van der Waals surface area contributed by atoms with Crippen molar-refractivity contribution in [2.75, 3.05) is 13.2 Å². The number of carbonyl (C=O) groups is 1. The van der Waals surface area contributed by atoms with Gasteiger partial charge in [0.05, 0.1) is 11.4 Å². The maximum atomic E-state index is 12.1. The Morgan fingerprint density at radius 3 is 3.14 bits per heavy atom. The fraction of sp³-hybridized carbons (Fsp3) is 0.769. The van der Waals surface area contributed by atoms with Crippen molar-refractivity contribution in [3.8, 4) is 0 Å². The summed E-state index contributed by atoms with van der Waals surface area (Å²) in [7, 11) is 0. The van der Waals surface area contributed by atoms with Crippen LogP contribution in [0.2, 0.25) is 0 Å². The highest BCUT2D eigenvalue weighted by molar-refractivity contribution is 8.00. The second-order valence-electron chi connectivity index (χ2n) is 5.10. The summed E-state index contributed by atoms with van der Waals surface area (Å²) in [5, 5.41) is 9.55. The fourth-order valence-electron chi connectivity index (χ4n) is 2.19. The number of ether oxygens (including phenoxy) is 1. The standard InChI is InChI=1S/C13H22N4O3S/c1-3-6-17-12(19)15-16-13(17)21-9(2)11(18)14-8-10-5-4-7-20-10/h9-10H,3-8H2,1-2H3,(H,14,18)(H,15,19)/t9-,10+/m0/s1. The van der Waals surface area contributed by atoms with Crippen LogP contribution in [0.3, 0.4) is 0 Å². The molecule has 0 aliphatic carbocycles. The zero-order valence-electron chi connectivity index (χ0n) is 12.4. The van der Waals surface area contributed by atoms with Crippen molar-refractivity contribution in [1.82, 2.24) is 20.1 Å². The molecule has 1 aliphatic heterocycles. The smallest absolute Gasteiger partial charge is 0.343 e. The molecule has 0 bridgehead atoms. The summed E-state index contributed by atoms with van der Waals surface area (Å²) in [5.74, 6) is -0.0611. The third kappa shape index (κ3) is 4.34.